The molecule has 21 nitrogen and oxygen atoms in total. The molecule has 0 bridgehead atoms. The van der Waals surface area contributed by atoms with Gasteiger partial charge in [0, 0.05) is 106 Å². The molecule has 0 unspecified atom stereocenters. The Balaban J connectivity index is 0.965. The fraction of sp³-hybridized carbons (Fsp3) is 0.645. The Morgan fingerprint density at radius 2 is 1.39 bits per heavy atom. The minimum atomic E-state index is -0.938. The van der Waals surface area contributed by atoms with Crippen LogP contribution in [0.2, 0.25) is 5.02 Å². The average molecular weight is 1180 g/mol. The number of aromatic nitrogens is 2. The van der Waals surface area contributed by atoms with Gasteiger partial charge in [0.05, 0.1) is 49.1 Å². The quantitative estimate of drug-likeness (QED) is 0.0394. The highest BCUT2D eigenvalue weighted by molar-refractivity contribution is 6.36. The Bertz CT molecular complexity index is 2770. The summed E-state index contributed by atoms with van der Waals surface area (Å²) in [5.74, 6) is -1.30. The topological polar surface area (TPSA) is 223 Å². The van der Waals surface area contributed by atoms with Crippen molar-refractivity contribution >= 4 is 63.4 Å². The third-order valence-corrected chi connectivity index (χ3v) is 17.9. The number of Topliss-reactive ketones (excluding diaryl/α,β-unsaturated/α-hetero) is 1. The molecule has 0 spiro atoms. The third kappa shape index (κ3) is 17.5. The van der Waals surface area contributed by atoms with Crippen molar-refractivity contribution in [3.05, 3.63) is 70.7 Å². The van der Waals surface area contributed by atoms with Gasteiger partial charge in [-0.2, -0.15) is 9.97 Å². The first-order chi connectivity index (χ1) is 40.5. The summed E-state index contributed by atoms with van der Waals surface area (Å²) >= 11 is 6.80. The number of ketones is 1. The van der Waals surface area contributed by atoms with Crippen LogP contribution in [0.4, 0.5) is 11.5 Å². The van der Waals surface area contributed by atoms with Crippen LogP contribution in [0.5, 0.6) is 11.8 Å². The molecular weight excluding hydrogens is 1090 g/mol. The number of aliphatic carboxylic acids is 2. The number of amides is 2. The number of phenolic OH excluding ortho intramolecular Hbond substituents is 1. The number of piperazine rings is 1. The number of carbonyl (C=O) groups is 5. The van der Waals surface area contributed by atoms with Crippen LogP contribution in [0, 0.1) is 6.57 Å². The number of ether oxygens (including phenoxy) is 1. The van der Waals surface area contributed by atoms with Gasteiger partial charge in [0.15, 0.2) is 0 Å². The van der Waals surface area contributed by atoms with Crippen molar-refractivity contribution < 1.29 is 44.0 Å². The van der Waals surface area contributed by atoms with E-state index < -0.39 is 11.9 Å². The summed E-state index contributed by atoms with van der Waals surface area (Å²) in [6, 6.07) is 8.52. The van der Waals surface area contributed by atoms with E-state index in [9.17, 15) is 39.3 Å². The predicted molar refractivity (Wildman–Crippen MR) is 327 cm³/mol. The molecule has 3 saturated heterocycles. The zero-order chi connectivity index (χ0) is 60.5. The van der Waals surface area contributed by atoms with Crippen LogP contribution in [0.3, 0.4) is 0 Å². The number of phenols is 1. The summed E-state index contributed by atoms with van der Waals surface area (Å²) in [5.41, 5.74) is 2.62. The van der Waals surface area contributed by atoms with E-state index in [1.807, 2.05) is 55.7 Å². The molecule has 6 atom stereocenters. The molecule has 7 rings (SSSR count). The maximum Gasteiger partial charge on any atom is 0.318 e. The lowest BCUT2D eigenvalue weighted by molar-refractivity contribution is -0.140. The Morgan fingerprint density at radius 1 is 0.762 bits per heavy atom. The number of carboxylic acids is 2. The smallest absolute Gasteiger partial charge is 0.318 e. The Labute approximate surface area is 501 Å². The number of hydrogen-bond donors (Lipinski definition) is 4. The van der Waals surface area contributed by atoms with E-state index in [4.69, 9.17) is 32.9 Å². The number of benzene rings is 2. The van der Waals surface area contributed by atoms with Crippen molar-refractivity contribution in [2.45, 2.75) is 148 Å². The molecule has 2 aromatic carbocycles. The van der Waals surface area contributed by atoms with Gasteiger partial charge in [-0.15, -0.1) is 0 Å². The summed E-state index contributed by atoms with van der Waals surface area (Å²) in [4.78, 5) is 94.8. The molecule has 22 heteroatoms. The van der Waals surface area contributed by atoms with E-state index >= 15 is 0 Å². The number of halogens is 1. The molecule has 1 aromatic heterocycles. The molecule has 0 radical (unpaired) electrons. The van der Waals surface area contributed by atoms with Crippen LogP contribution >= 0.6 is 11.6 Å². The second kappa shape index (κ2) is 31.8. The molecule has 4 N–H and O–H groups in total. The van der Waals surface area contributed by atoms with Crippen molar-refractivity contribution in [2.75, 3.05) is 121 Å². The molecule has 3 aromatic rings. The number of fused-ring (bicyclic) bond motifs is 2. The summed E-state index contributed by atoms with van der Waals surface area (Å²) in [7, 11) is 0. The van der Waals surface area contributed by atoms with Crippen molar-refractivity contribution in [1.82, 2.24) is 44.7 Å². The predicted octanol–water partition coefficient (Wildman–Crippen LogP) is 6.29. The molecule has 2 amide bonds. The number of carboxylic acid groups (broad SMARTS) is 2. The number of anilines is 2. The fourth-order valence-corrected chi connectivity index (χ4v) is 13.4. The number of hydrogen-bond acceptors (Lipinski definition) is 16. The van der Waals surface area contributed by atoms with Gasteiger partial charge in [0.2, 0.25) is 18.4 Å². The van der Waals surface area contributed by atoms with Gasteiger partial charge in [0.25, 0.3) is 0 Å². The van der Waals surface area contributed by atoms with Crippen molar-refractivity contribution in [1.29, 1.82) is 0 Å². The van der Waals surface area contributed by atoms with Gasteiger partial charge in [-0.05, 0) is 101 Å². The number of aromatic hydroxyl groups is 1. The molecule has 5 heterocycles. The summed E-state index contributed by atoms with van der Waals surface area (Å²) in [6.07, 6.45) is 10.3. The lowest BCUT2D eigenvalue weighted by atomic mass is 10.0. The first kappa shape index (κ1) is 65.4. The van der Waals surface area contributed by atoms with E-state index in [1.54, 1.807) is 24.0 Å². The van der Waals surface area contributed by atoms with E-state index in [1.165, 1.54) is 6.08 Å². The van der Waals surface area contributed by atoms with Crippen LogP contribution in [0.25, 0.3) is 15.6 Å². The second-order valence-corrected chi connectivity index (χ2v) is 23.7. The van der Waals surface area contributed by atoms with Crippen molar-refractivity contribution in [3.8, 4) is 11.8 Å². The Kier molecular flexibility index (Phi) is 24.8. The van der Waals surface area contributed by atoms with Crippen molar-refractivity contribution in [2.24, 2.45) is 0 Å². The SMILES string of the molecule is [C-]#[N+]C[C@H]1CN(c2nc(OC[C@@H]3CCCN3CCCCCCNC(=O)CN3C[C@H](CC)N(CC(=O)O)C[C@H](CC)N(CC(C)=O)C[C@H](CC)N(CC(=O)O)C[C@@H]3CC)nc3c2CCN(c2cc(O)cc4cccc(Cl)c24)C3)CCN1C(=O)C=C. The summed E-state index contributed by atoms with van der Waals surface area (Å²) < 4.78 is 6.59. The molecule has 84 heavy (non-hydrogen) atoms. The van der Waals surface area contributed by atoms with Gasteiger partial charge in [-0.1, -0.05) is 70.8 Å². The van der Waals surface area contributed by atoms with Gasteiger partial charge >= 0.3 is 17.9 Å². The normalized spacial score (nSPS) is 22.7. The van der Waals surface area contributed by atoms with Crippen LogP contribution in [-0.4, -0.2) is 232 Å². The molecule has 0 aliphatic carbocycles. The maximum absolute atomic E-state index is 13.9. The van der Waals surface area contributed by atoms with Gasteiger partial charge < -0.3 is 44.9 Å². The minimum Gasteiger partial charge on any atom is -0.508 e. The van der Waals surface area contributed by atoms with Crippen LogP contribution in [-0.2, 0) is 36.9 Å². The third-order valence-electron chi connectivity index (χ3n) is 17.6. The van der Waals surface area contributed by atoms with E-state index in [0.29, 0.717) is 109 Å². The highest BCUT2D eigenvalue weighted by Gasteiger charge is 2.38. The van der Waals surface area contributed by atoms with E-state index in [-0.39, 0.29) is 98.3 Å². The highest BCUT2D eigenvalue weighted by atomic mass is 35.5. The lowest BCUT2D eigenvalue weighted by Gasteiger charge is -2.45. The summed E-state index contributed by atoms with van der Waals surface area (Å²) in [5, 5.41) is 36.5. The molecule has 4 aliphatic rings. The fourth-order valence-electron chi connectivity index (χ4n) is 13.1. The number of nitrogens with one attached hydrogen (secondary N) is 1. The molecule has 4 aliphatic heterocycles. The lowest BCUT2D eigenvalue weighted by Crippen LogP contribution is -2.60. The zero-order valence-electron chi connectivity index (χ0n) is 50.2. The van der Waals surface area contributed by atoms with E-state index in [0.717, 1.165) is 85.1 Å². The Hall–Kier alpha value is -6.15. The number of carbonyl (C=O) groups excluding carboxylic acids is 3. The Morgan fingerprint density at radius 3 is 2.00 bits per heavy atom. The number of likely N-dealkylation sites (tertiary alicyclic amines) is 1. The molecule has 0 saturated carbocycles. The van der Waals surface area contributed by atoms with Crippen LogP contribution in [0.1, 0.15) is 110 Å². The number of nitrogens with zero attached hydrogens (tertiary/aromatic N) is 11. The van der Waals surface area contributed by atoms with Gasteiger partial charge in [-0.25, -0.2) is 6.57 Å². The van der Waals surface area contributed by atoms with Gasteiger partial charge in [-0.3, -0.25) is 48.5 Å². The average Bonchev–Trinajstić information content (AvgIpc) is 1.62. The molecule has 460 valence electrons. The highest BCUT2D eigenvalue weighted by Crippen LogP contribution is 2.40. The second-order valence-electron chi connectivity index (χ2n) is 23.3. The molecular formula is C62H91ClN12O9. The van der Waals surface area contributed by atoms with Gasteiger partial charge in [0.1, 0.15) is 30.0 Å². The first-order valence-electron chi connectivity index (χ1n) is 30.6. The number of unbranched alkanes of at least 4 members (excludes halogenated alkanes) is 3. The van der Waals surface area contributed by atoms with Crippen LogP contribution in [0.15, 0.2) is 43.0 Å². The standard InChI is InChI=1S/C62H91ClN12O9/c1-8-45-35-73(40-58(80)81)48(11-4)34-72(46(9-2)36-74(41-59(82)83)47(10-3)33-71(45)32-43(6)76)39-56(78)65-23-15-13-14-16-24-68-25-18-20-49(68)42-84-62-66-54-38-69(55-30-51(77)29-44-19-17-21-53(63)60(44)55)26-22-52(54)61(67-62)70-27-28-75(57(79)12-5)50(37-70)31-64-7/h12,17,19,21,29-30,45-50,77H,5,8-11,13-16,18,20,22-28,31-42H2,1-4,6H3,(H,65,78)(H,80,81)(H,82,83)/t45-,46-,47-,48-,49-,50-/m0/s1. The van der Waals surface area contributed by atoms with Crippen molar-refractivity contribution in [3.63, 3.8) is 0 Å². The molecule has 3 fully saturated rings. The van der Waals surface area contributed by atoms with Crippen LogP contribution < -0.4 is 19.9 Å². The largest absolute Gasteiger partial charge is 0.508 e. The zero-order valence-corrected chi connectivity index (χ0v) is 51.0. The minimum absolute atomic E-state index is 0.00230. The maximum atomic E-state index is 13.9. The monoisotopic (exact) mass is 1180 g/mol. The number of rotatable bonds is 26. The van der Waals surface area contributed by atoms with E-state index in [2.05, 4.69) is 41.2 Å². The summed E-state index contributed by atoms with van der Waals surface area (Å²) in [6.45, 7) is 28.1. The first-order valence-corrected chi connectivity index (χ1v) is 30.9.